The molecule has 0 radical (unpaired) electrons. The van der Waals surface area contributed by atoms with Gasteiger partial charge in [0.25, 0.3) is 0 Å². The summed E-state index contributed by atoms with van der Waals surface area (Å²) in [6.07, 6.45) is 1.47. The molecular formula is C18H19BrF2. The van der Waals surface area contributed by atoms with Crippen LogP contribution in [0.4, 0.5) is 8.78 Å². The zero-order chi connectivity index (χ0) is 15.4. The van der Waals surface area contributed by atoms with E-state index in [4.69, 9.17) is 0 Å². The van der Waals surface area contributed by atoms with Crippen molar-refractivity contribution in [3.63, 3.8) is 0 Å². The van der Waals surface area contributed by atoms with Crippen LogP contribution in [0, 0.1) is 17.6 Å². The van der Waals surface area contributed by atoms with E-state index in [-0.39, 0.29) is 4.83 Å². The van der Waals surface area contributed by atoms with Crippen molar-refractivity contribution in [2.75, 3.05) is 0 Å². The molecule has 0 N–H and O–H groups in total. The Kier molecular flexibility index (Phi) is 5.51. The molecule has 2 aromatic carbocycles. The molecule has 0 saturated carbocycles. The van der Waals surface area contributed by atoms with Gasteiger partial charge in [-0.15, -0.1) is 0 Å². The van der Waals surface area contributed by atoms with Crippen molar-refractivity contribution in [3.05, 3.63) is 70.8 Å². The largest absolute Gasteiger partial charge is 0.204 e. The van der Waals surface area contributed by atoms with Crippen molar-refractivity contribution in [1.82, 2.24) is 0 Å². The zero-order valence-electron chi connectivity index (χ0n) is 12.2. The highest BCUT2D eigenvalue weighted by molar-refractivity contribution is 9.09. The van der Waals surface area contributed by atoms with Crippen LogP contribution in [0.3, 0.4) is 0 Å². The molecule has 0 spiro atoms. The molecule has 0 heterocycles. The van der Waals surface area contributed by atoms with Gasteiger partial charge in [0.05, 0.1) is 0 Å². The van der Waals surface area contributed by atoms with Crippen molar-refractivity contribution in [2.45, 2.75) is 31.5 Å². The fourth-order valence-electron chi connectivity index (χ4n) is 2.35. The van der Waals surface area contributed by atoms with Gasteiger partial charge in [-0.05, 0) is 41.5 Å². The van der Waals surface area contributed by atoms with E-state index < -0.39 is 11.6 Å². The Balaban J connectivity index is 2.09. The molecule has 3 heteroatoms. The van der Waals surface area contributed by atoms with E-state index in [0.717, 1.165) is 18.1 Å². The summed E-state index contributed by atoms with van der Waals surface area (Å²) in [5, 5.41) is 0. The summed E-state index contributed by atoms with van der Waals surface area (Å²) in [6, 6.07) is 12.6. The predicted octanol–water partition coefficient (Wildman–Crippen LogP) is 5.84. The molecule has 1 atom stereocenters. The Hall–Kier alpha value is -1.22. The number of hydrogen-bond donors (Lipinski definition) is 0. The van der Waals surface area contributed by atoms with E-state index in [1.807, 2.05) is 12.1 Å². The minimum atomic E-state index is -0.792. The van der Waals surface area contributed by atoms with Crippen LogP contribution in [-0.4, -0.2) is 0 Å². The van der Waals surface area contributed by atoms with Gasteiger partial charge in [0.1, 0.15) is 0 Å². The van der Waals surface area contributed by atoms with Crippen molar-refractivity contribution in [1.29, 1.82) is 0 Å². The second-order valence-electron chi connectivity index (χ2n) is 5.72. The number of rotatable bonds is 5. The Morgan fingerprint density at radius 2 is 1.62 bits per heavy atom. The Bertz CT molecular complexity index is 591. The monoisotopic (exact) mass is 352 g/mol. The first-order valence-electron chi connectivity index (χ1n) is 7.13. The predicted molar refractivity (Wildman–Crippen MR) is 86.7 cm³/mol. The number of benzene rings is 2. The van der Waals surface area contributed by atoms with Gasteiger partial charge in [-0.25, -0.2) is 8.78 Å². The average molecular weight is 353 g/mol. The molecular weight excluding hydrogens is 334 g/mol. The topological polar surface area (TPSA) is 0 Å². The SMILES string of the molecule is CC(C)Cc1ccc(C(Br)Cc2cccc(F)c2F)cc1. The maximum absolute atomic E-state index is 13.7. The highest BCUT2D eigenvalue weighted by atomic mass is 79.9. The van der Waals surface area contributed by atoms with Gasteiger partial charge in [-0.1, -0.05) is 66.2 Å². The molecule has 0 bridgehead atoms. The minimum Gasteiger partial charge on any atom is -0.204 e. The lowest BCUT2D eigenvalue weighted by Gasteiger charge is -2.12. The molecule has 2 rings (SSSR count). The maximum atomic E-state index is 13.7. The van der Waals surface area contributed by atoms with Crippen molar-refractivity contribution >= 4 is 15.9 Å². The van der Waals surface area contributed by atoms with Crippen molar-refractivity contribution in [2.24, 2.45) is 5.92 Å². The van der Waals surface area contributed by atoms with Crippen LogP contribution < -0.4 is 0 Å². The van der Waals surface area contributed by atoms with Gasteiger partial charge < -0.3 is 0 Å². The van der Waals surface area contributed by atoms with Gasteiger partial charge in [0, 0.05) is 4.83 Å². The third-order valence-corrected chi connectivity index (χ3v) is 4.27. The summed E-state index contributed by atoms with van der Waals surface area (Å²) in [6.45, 7) is 4.38. The van der Waals surface area contributed by atoms with E-state index >= 15 is 0 Å². The Morgan fingerprint density at radius 3 is 2.24 bits per heavy atom. The van der Waals surface area contributed by atoms with Gasteiger partial charge in [-0.3, -0.25) is 0 Å². The fraction of sp³-hybridized carbons (Fsp3) is 0.333. The normalized spacial score (nSPS) is 12.7. The summed E-state index contributed by atoms with van der Waals surface area (Å²) in [5.41, 5.74) is 2.76. The van der Waals surface area contributed by atoms with Gasteiger partial charge in [-0.2, -0.15) is 0 Å². The number of hydrogen-bond acceptors (Lipinski definition) is 0. The first-order chi connectivity index (χ1) is 9.97. The lowest BCUT2D eigenvalue weighted by Crippen LogP contribution is -2.00. The summed E-state index contributed by atoms with van der Waals surface area (Å²) in [7, 11) is 0. The summed E-state index contributed by atoms with van der Waals surface area (Å²) in [4.78, 5) is -0.0260. The standard InChI is InChI=1S/C18H19BrF2/c1-12(2)10-13-6-8-14(9-7-13)16(19)11-15-4-3-5-17(20)18(15)21/h3-9,12,16H,10-11H2,1-2H3. The maximum Gasteiger partial charge on any atom is 0.162 e. The lowest BCUT2D eigenvalue weighted by molar-refractivity contribution is 0.498. The number of alkyl halides is 1. The Labute approximate surface area is 133 Å². The molecule has 1 unspecified atom stereocenters. The highest BCUT2D eigenvalue weighted by Gasteiger charge is 2.14. The molecule has 112 valence electrons. The molecule has 0 aliphatic carbocycles. The van der Waals surface area contributed by atoms with Crippen LogP contribution in [0.2, 0.25) is 0 Å². The van der Waals surface area contributed by atoms with Crippen LogP contribution in [0.1, 0.15) is 35.4 Å². The van der Waals surface area contributed by atoms with Crippen LogP contribution in [0.15, 0.2) is 42.5 Å². The third kappa shape index (κ3) is 4.37. The van der Waals surface area contributed by atoms with E-state index in [1.165, 1.54) is 5.56 Å². The van der Waals surface area contributed by atoms with Crippen LogP contribution in [-0.2, 0) is 12.8 Å². The molecule has 0 aliphatic rings. The summed E-state index contributed by atoms with van der Waals surface area (Å²) < 4.78 is 26.9. The minimum absolute atomic E-state index is 0.0260. The van der Waals surface area contributed by atoms with Crippen LogP contribution in [0.25, 0.3) is 0 Å². The summed E-state index contributed by atoms with van der Waals surface area (Å²) in [5.74, 6) is -0.921. The second-order valence-corrected chi connectivity index (χ2v) is 6.83. The van der Waals surface area contributed by atoms with E-state index in [2.05, 4.69) is 41.9 Å². The quantitative estimate of drug-likeness (QED) is 0.592. The van der Waals surface area contributed by atoms with E-state index in [0.29, 0.717) is 17.9 Å². The highest BCUT2D eigenvalue weighted by Crippen LogP contribution is 2.29. The third-order valence-electron chi connectivity index (χ3n) is 3.42. The van der Waals surface area contributed by atoms with Crippen molar-refractivity contribution in [3.8, 4) is 0 Å². The number of halogens is 3. The molecule has 0 nitrogen and oxygen atoms in total. The van der Waals surface area contributed by atoms with Gasteiger partial charge in [0.15, 0.2) is 11.6 Å². The second kappa shape index (κ2) is 7.17. The lowest BCUT2D eigenvalue weighted by atomic mass is 9.99. The Morgan fingerprint density at radius 1 is 0.952 bits per heavy atom. The fourth-order valence-corrected chi connectivity index (χ4v) is 3.00. The zero-order valence-corrected chi connectivity index (χ0v) is 13.8. The molecule has 0 aromatic heterocycles. The van der Waals surface area contributed by atoms with E-state index in [1.54, 1.807) is 12.1 Å². The first-order valence-corrected chi connectivity index (χ1v) is 8.04. The summed E-state index contributed by atoms with van der Waals surface area (Å²) >= 11 is 3.57. The van der Waals surface area contributed by atoms with Crippen LogP contribution >= 0.6 is 15.9 Å². The average Bonchev–Trinajstić information content (AvgIpc) is 2.44. The molecule has 0 aliphatic heterocycles. The molecule has 0 saturated heterocycles. The molecule has 0 fully saturated rings. The molecule has 21 heavy (non-hydrogen) atoms. The van der Waals surface area contributed by atoms with Crippen molar-refractivity contribution < 1.29 is 8.78 Å². The molecule has 2 aromatic rings. The van der Waals surface area contributed by atoms with Crippen LogP contribution in [0.5, 0.6) is 0 Å². The van der Waals surface area contributed by atoms with Gasteiger partial charge >= 0.3 is 0 Å². The van der Waals surface area contributed by atoms with E-state index in [9.17, 15) is 8.78 Å². The molecule has 0 amide bonds. The van der Waals surface area contributed by atoms with Gasteiger partial charge in [0.2, 0.25) is 0 Å². The first kappa shape index (κ1) is 16.2. The smallest absolute Gasteiger partial charge is 0.162 e.